The molecule has 1 heterocycles. The van der Waals surface area contributed by atoms with Gasteiger partial charge in [0.1, 0.15) is 11.4 Å². The van der Waals surface area contributed by atoms with E-state index in [4.69, 9.17) is 4.74 Å². The second-order valence-corrected chi connectivity index (χ2v) is 5.42. The summed E-state index contributed by atoms with van der Waals surface area (Å²) in [7, 11) is 0. The Bertz CT molecular complexity index is 444. The van der Waals surface area contributed by atoms with Crippen molar-refractivity contribution in [2.75, 3.05) is 11.9 Å². The number of benzene rings is 1. The number of ether oxygens (including phenoxy) is 1. The number of hydrogen-bond acceptors (Lipinski definition) is 2. The van der Waals surface area contributed by atoms with Gasteiger partial charge in [0.25, 0.3) is 5.91 Å². The van der Waals surface area contributed by atoms with Crippen molar-refractivity contribution in [1.82, 2.24) is 0 Å². The number of rotatable bonds is 2. The lowest BCUT2D eigenvalue weighted by atomic mass is 10.0. The number of carbonyl (C=O) groups is 1. The minimum absolute atomic E-state index is 0.167. The Kier molecular flexibility index (Phi) is 3.67. The molecule has 1 atom stereocenters. The first-order valence-corrected chi connectivity index (χ1v) is 6.50. The van der Waals surface area contributed by atoms with Gasteiger partial charge in [0.05, 0.1) is 5.69 Å². The van der Waals surface area contributed by atoms with Crippen molar-refractivity contribution in [2.24, 2.45) is 0 Å². The average Bonchev–Trinajstić information content (AvgIpc) is 2.71. The van der Waals surface area contributed by atoms with E-state index in [0.717, 1.165) is 12.8 Å². The maximum atomic E-state index is 12.9. The lowest BCUT2D eigenvalue weighted by Crippen LogP contribution is -2.39. The summed E-state index contributed by atoms with van der Waals surface area (Å²) in [5, 5.41) is 2.78. The standard InChI is InChI=1S/C12H13FINO2/c1-12(5-2-6-17-12)11(16)15-10-4-3-8(13)7-9(10)14/h3-4,7H,2,5-6H2,1H3,(H,15,16). The smallest absolute Gasteiger partial charge is 0.256 e. The highest BCUT2D eigenvalue weighted by Crippen LogP contribution is 2.27. The molecular weight excluding hydrogens is 336 g/mol. The first-order chi connectivity index (χ1) is 8.01. The van der Waals surface area contributed by atoms with Crippen LogP contribution in [0.15, 0.2) is 18.2 Å². The SMILES string of the molecule is CC1(C(=O)Nc2ccc(F)cc2I)CCCO1. The second-order valence-electron chi connectivity index (χ2n) is 4.26. The minimum Gasteiger partial charge on any atom is -0.365 e. The first kappa shape index (κ1) is 12.8. The van der Waals surface area contributed by atoms with Crippen LogP contribution in [0.3, 0.4) is 0 Å². The van der Waals surface area contributed by atoms with Crippen LogP contribution in [-0.2, 0) is 9.53 Å². The van der Waals surface area contributed by atoms with Gasteiger partial charge >= 0.3 is 0 Å². The van der Waals surface area contributed by atoms with Crippen molar-refractivity contribution in [3.63, 3.8) is 0 Å². The predicted molar refractivity (Wildman–Crippen MR) is 71.3 cm³/mol. The summed E-state index contributed by atoms with van der Waals surface area (Å²) in [5.74, 6) is -0.477. The molecule has 5 heteroatoms. The lowest BCUT2D eigenvalue weighted by Gasteiger charge is -2.22. The molecule has 1 aliphatic heterocycles. The fraction of sp³-hybridized carbons (Fsp3) is 0.417. The van der Waals surface area contributed by atoms with Gasteiger partial charge in [-0.1, -0.05) is 0 Å². The number of anilines is 1. The van der Waals surface area contributed by atoms with Crippen molar-refractivity contribution in [3.05, 3.63) is 27.6 Å². The zero-order valence-corrected chi connectivity index (χ0v) is 11.6. The molecule has 1 saturated heterocycles. The van der Waals surface area contributed by atoms with Gasteiger partial charge in [0.15, 0.2) is 0 Å². The van der Waals surface area contributed by atoms with Crippen LogP contribution in [0.4, 0.5) is 10.1 Å². The largest absolute Gasteiger partial charge is 0.365 e. The van der Waals surface area contributed by atoms with E-state index in [2.05, 4.69) is 5.32 Å². The first-order valence-electron chi connectivity index (χ1n) is 5.42. The highest BCUT2D eigenvalue weighted by atomic mass is 127. The summed E-state index contributed by atoms with van der Waals surface area (Å²) in [6, 6.07) is 4.27. The molecule has 3 nitrogen and oxygen atoms in total. The Morgan fingerprint density at radius 1 is 1.59 bits per heavy atom. The Labute approximate surface area is 113 Å². The van der Waals surface area contributed by atoms with Crippen LogP contribution in [0.2, 0.25) is 0 Å². The summed E-state index contributed by atoms with van der Waals surface area (Å²) >= 11 is 1.99. The maximum absolute atomic E-state index is 12.9. The van der Waals surface area contributed by atoms with Gasteiger partial charge < -0.3 is 10.1 Å². The van der Waals surface area contributed by atoms with Gasteiger partial charge in [-0.15, -0.1) is 0 Å². The van der Waals surface area contributed by atoms with E-state index in [1.54, 1.807) is 13.0 Å². The third kappa shape index (κ3) is 2.77. The van der Waals surface area contributed by atoms with Gasteiger partial charge in [0.2, 0.25) is 0 Å². The molecule has 1 aromatic rings. The summed E-state index contributed by atoms with van der Waals surface area (Å²) in [6.07, 6.45) is 1.61. The third-order valence-corrected chi connectivity index (χ3v) is 3.77. The quantitative estimate of drug-likeness (QED) is 0.834. The van der Waals surface area contributed by atoms with Crippen molar-refractivity contribution >= 4 is 34.2 Å². The van der Waals surface area contributed by atoms with Gasteiger partial charge in [-0.2, -0.15) is 0 Å². The average molecular weight is 349 g/mol. The Hall–Kier alpha value is -0.690. The van der Waals surface area contributed by atoms with E-state index >= 15 is 0 Å². The van der Waals surface area contributed by atoms with Crippen LogP contribution in [0.5, 0.6) is 0 Å². The molecular formula is C12H13FINO2. The van der Waals surface area contributed by atoms with Gasteiger partial charge in [-0.3, -0.25) is 4.79 Å². The molecule has 1 fully saturated rings. The van der Waals surface area contributed by atoms with Crippen molar-refractivity contribution < 1.29 is 13.9 Å². The minimum atomic E-state index is -0.753. The maximum Gasteiger partial charge on any atom is 0.256 e. The Morgan fingerprint density at radius 3 is 2.94 bits per heavy atom. The molecule has 1 unspecified atom stereocenters. The fourth-order valence-corrected chi connectivity index (χ4v) is 2.42. The lowest BCUT2D eigenvalue weighted by molar-refractivity contribution is -0.133. The summed E-state index contributed by atoms with van der Waals surface area (Å²) < 4.78 is 19.0. The molecule has 0 radical (unpaired) electrons. The van der Waals surface area contributed by atoms with Crippen LogP contribution in [0, 0.1) is 9.39 Å². The summed E-state index contributed by atoms with van der Waals surface area (Å²) in [5.41, 5.74) is -0.133. The third-order valence-electron chi connectivity index (χ3n) is 2.88. The van der Waals surface area contributed by atoms with Crippen LogP contribution in [0.1, 0.15) is 19.8 Å². The van der Waals surface area contributed by atoms with Crippen molar-refractivity contribution in [3.8, 4) is 0 Å². The molecule has 0 bridgehead atoms. The molecule has 1 N–H and O–H groups in total. The highest BCUT2D eigenvalue weighted by molar-refractivity contribution is 14.1. The van der Waals surface area contributed by atoms with Crippen LogP contribution in [-0.4, -0.2) is 18.1 Å². The highest BCUT2D eigenvalue weighted by Gasteiger charge is 2.37. The van der Waals surface area contributed by atoms with E-state index in [1.165, 1.54) is 12.1 Å². The van der Waals surface area contributed by atoms with Crippen LogP contribution >= 0.6 is 22.6 Å². The number of halogens is 2. The molecule has 1 aliphatic rings. The van der Waals surface area contributed by atoms with Crippen molar-refractivity contribution in [2.45, 2.75) is 25.4 Å². The van der Waals surface area contributed by atoms with Gasteiger partial charge in [-0.05, 0) is 60.6 Å². The molecule has 0 aromatic heterocycles. The molecule has 1 amide bonds. The number of amides is 1. The number of nitrogens with one attached hydrogen (secondary N) is 1. The molecule has 1 aromatic carbocycles. The molecule has 2 rings (SSSR count). The predicted octanol–water partition coefficient (Wildman–Crippen LogP) is 2.94. The molecule has 17 heavy (non-hydrogen) atoms. The molecule has 0 saturated carbocycles. The van der Waals surface area contributed by atoms with Crippen molar-refractivity contribution in [1.29, 1.82) is 0 Å². The molecule has 0 aliphatic carbocycles. The molecule has 92 valence electrons. The van der Waals surface area contributed by atoms with E-state index in [9.17, 15) is 9.18 Å². The number of carbonyl (C=O) groups excluding carboxylic acids is 1. The zero-order chi connectivity index (χ0) is 12.5. The fourth-order valence-electron chi connectivity index (χ4n) is 1.80. The van der Waals surface area contributed by atoms with Crippen LogP contribution in [0.25, 0.3) is 0 Å². The van der Waals surface area contributed by atoms with Gasteiger partial charge in [-0.25, -0.2) is 4.39 Å². The Morgan fingerprint density at radius 2 is 2.35 bits per heavy atom. The molecule has 0 spiro atoms. The second kappa shape index (κ2) is 4.89. The van der Waals surface area contributed by atoms with E-state index in [0.29, 0.717) is 15.9 Å². The Balaban J connectivity index is 2.13. The van der Waals surface area contributed by atoms with E-state index in [1.807, 2.05) is 22.6 Å². The van der Waals surface area contributed by atoms with Crippen LogP contribution < -0.4 is 5.32 Å². The normalized spacial score (nSPS) is 23.7. The number of hydrogen-bond donors (Lipinski definition) is 1. The van der Waals surface area contributed by atoms with E-state index < -0.39 is 5.60 Å². The topological polar surface area (TPSA) is 38.3 Å². The summed E-state index contributed by atoms with van der Waals surface area (Å²) in [4.78, 5) is 12.0. The van der Waals surface area contributed by atoms with Gasteiger partial charge in [0, 0.05) is 10.2 Å². The zero-order valence-electron chi connectivity index (χ0n) is 9.43. The van der Waals surface area contributed by atoms with E-state index in [-0.39, 0.29) is 11.7 Å². The monoisotopic (exact) mass is 349 g/mol. The summed E-state index contributed by atoms with van der Waals surface area (Å²) in [6.45, 7) is 2.40.